The molecule has 0 saturated carbocycles. The van der Waals surface area contributed by atoms with Crippen molar-refractivity contribution in [2.45, 2.75) is 33.1 Å². The number of aryl methyl sites for hydroxylation is 3. The van der Waals surface area contributed by atoms with E-state index in [2.05, 4.69) is 24.9 Å². The summed E-state index contributed by atoms with van der Waals surface area (Å²) in [4.78, 5) is 4.51. The van der Waals surface area contributed by atoms with E-state index in [1.165, 1.54) is 41.8 Å². The molecule has 2 rings (SSSR count). The summed E-state index contributed by atoms with van der Waals surface area (Å²) in [7, 11) is 0. The summed E-state index contributed by atoms with van der Waals surface area (Å²) < 4.78 is 0. The van der Waals surface area contributed by atoms with Gasteiger partial charge in [-0.25, -0.2) is 0 Å². The Kier molecular flexibility index (Phi) is 1.45. The first-order chi connectivity index (χ1) is 5.27. The van der Waals surface area contributed by atoms with Crippen molar-refractivity contribution in [3.8, 4) is 0 Å². The lowest BCUT2D eigenvalue weighted by molar-refractivity contribution is 0.896. The maximum absolute atomic E-state index is 4.51. The largest absolute Gasteiger partial charge is 0.258 e. The Balaban J connectivity index is 2.60. The van der Waals surface area contributed by atoms with Crippen LogP contribution in [-0.2, 0) is 12.8 Å². The van der Waals surface area contributed by atoms with E-state index in [1.54, 1.807) is 0 Å². The van der Waals surface area contributed by atoms with Crippen LogP contribution in [0.3, 0.4) is 0 Å². The number of aromatic nitrogens is 1. The minimum absolute atomic E-state index is 1.17. The minimum atomic E-state index is 1.17. The Hall–Kier alpha value is -0.850. The number of hydrogen-bond acceptors (Lipinski definition) is 1. The van der Waals surface area contributed by atoms with Crippen LogP contribution in [0, 0.1) is 13.8 Å². The van der Waals surface area contributed by atoms with Crippen molar-refractivity contribution in [2.24, 2.45) is 0 Å². The summed E-state index contributed by atoms with van der Waals surface area (Å²) in [5.74, 6) is 0. The Morgan fingerprint density at radius 2 is 2.09 bits per heavy atom. The van der Waals surface area contributed by atoms with Gasteiger partial charge in [-0.3, -0.25) is 4.98 Å². The van der Waals surface area contributed by atoms with Crippen molar-refractivity contribution >= 4 is 0 Å². The van der Waals surface area contributed by atoms with E-state index in [1.807, 2.05) is 0 Å². The van der Waals surface area contributed by atoms with E-state index >= 15 is 0 Å². The molecule has 0 saturated heterocycles. The molecule has 1 heteroatoms. The number of rotatable bonds is 0. The van der Waals surface area contributed by atoms with Gasteiger partial charge in [0.05, 0.1) is 0 Å². The third-order valence-electron chi connectivity index (χ3n) is 2.40. The lowest BCUT2D eigenvalue weighted by Crippen LogP contribution is -1.93. The maximum Gasteiger partial charge on any atom is 0.0441 e. The molecule has 0 spiro atoms. The van der Waals surface area contributed by atoms with Gasteiger partial charge in [-0.2, -0.15) is 0 Å². The van der Waals surface area contributed by atoms with E-state index in [0.717, 1.165) is 0 Å². The molecule has 1 aliphatic carbocycles. The smallest absolute Gasteiger partial charge is 0.0441 e. The molecular weight excluding hydrogens is 134 g/mol. The third-order valence-corrected chi connectivity index (χ3v) is 2.40. The topological polar surface area (TPSA) is 12.9 Å². The molecule has 0 amide bonds. The highest BCUT2D eigenvalue weighted by Gasteiger charge is 2.13. The van der Waals surface area contributed by atoms with Gasteiger partial charge in [0.2, 0.25) is 0 Å². The molecule has 1 heterocycles. The molecule has 0 atom stereocenters. The third kappa shape index (κ3) is 1.05. The van der Waals surface area contributed by atoms with Crippen molar-refractivity contribution in [3.63, 3.8) is 0 Å². The van der Waals surface area contributed by atoms with Crippen molar-refractivity contribution in [1.82, 2.24) is 4.98 Å². The Labute approximate surface area is 67.5 Å². The number of hydrogen-bond donors (Lipinski definition) is 0. The fourth-order valence-corrected chi connectivity index (χ4v) is 1.92. The second-order valence-corrected chi connectivity index (χ2v) is 3.36. The van der Waals surface area contributed by atoms with Crippen molar-refractivity contribution in [2.75, 3.05) is 0 Å². The van der Waals surface area contributed by atoms with Crippen LogP contribution < -0.4 is 0 Å². The average Bonchev–Trinajstić information content (AvgIpc) is 2.34. The molecule has 0 fully saturated rings. The lowest BCUT2D eigenvalue weighted by atomic mass is 10.1. The Morgan fingerprint density at radius 1 is 1.27 bits per heavy atom. The van der Waals surface area contributed by atoms with Gasteiger partial charge in [0.25, 0.3) is 0 Å². The molecule has 1 aromatic heterocycles. The molecule has 0 aliphatic heterocycles. The number of nitrogens with zero attached hydrogens (tertiary/aromatic N) is 1. The van der Waals surface area contributed by atoms with E-state index < -0.39 is 0 Å². The maximum atomic E-state index is 4.51. The summed E-state index contributed by atoms with van der Waals surface area (Å²) in [6.45, 7) is 4.27. The van der Waals surface area contributed by atoms with Gasteiger partial charge < -0.3 is 0 Å². The van der Waals surface area contributed by atoms with Crippen LogP contribution in [0.1, 0.15) is 28.9 Å². The van der Waals surface area contributed by atoms with Gasteiger partial charge >= 0.3 is 0 Å². The summed E-state index contributed by atoms with van der Waals surface area (Å²) in [6, 6.07) is 2.18. The first kappa shape index (κ1) is 6.84. The number of fused-ring (bicyclic) bond motifs is 1. The summed E-state index contributed by atoms with van der Waals surface area (Å²) in [6.07, 6.45) is 3.74. The SMILES string of the molecule is Cc1cc(C)c2c(n1)CCC2. The lowest BCUT2D eigenvalue weighted by Gasteiger charge is -2.03. The molecule has 0 radical (unpaired) electrons. The quantitative estimate of drug-likeness (QED) is 0.548. The van der Waals surface area contributed by atoms with Crippen molar-refractivity contribution < 1.29 is 0 Å². The van der Waals surface area contributed by atoms with E-state index in [-0.39, 0.29) is 0 Å². The van der Waals surface area contributed by atoms with Crippen LogP contribution in [0.2, 0.25) is 0 Å². The van der Waals surface area contributed by atoms with Gasteiger partial charge in [0.1, 0.15) is 0 Å². The van der Waals surface area contributed by atoms with E-state index in [9.17, 15) is 0 Å². The zero-order valence-electron chi connectivity index (χ0n) is 7.15. The highest BCUT2D eigenvalue weighted by Crippen LogP contribution is 2.23. The van der Waals surface area contributed by atoms with Crippen LogP contribution in [-0.4, -0.2) is 4.98 Å². The van der Waals surface area contributed by atoms with Crippen LogP contribution in [0.4, 0.5) is 0 Å². The first-order valence-electron chi connectivity index (χ1n) is 4.23. The molecule has 11 heavy (non-hydrogen) atoms. The van der Waals surface area contributed by atoms with Gasteiger partial charge in [-0.05, 0) is 50.3 Å². The number of pyridine rings is 1. The highest BCUT2D eigenvalue weighted by atomic mass is 14.7. The molecule has 0 bridgehead atoms. The average molecular weight is 147 g/mol. The first-order valence-corrected chi connectivity index (χ1v) is 4.23. The van der Waals surface area contributed by atoms with Crippen molar-refractivity contribution in [3.05, 3.63) is 28.6 Å². The van der Waals surface area contributed by atoms with Gasteiger partial charge in [-0.15, -0.1) is 0 Å². The molecule has 1 aromatic rings. The molecule has 0 aromatic carbocycles. The van der Waals surface area contributed by atoms with Crippen LogP contribution >= 0.6 is 0 Å². The summed E-state index contributed by atoms with van der Waals surface area (Å²) in [5, 5.41) is 0. The van der Waals surface area contributed by atoms with Crippen LogP contribution in [0.25, 0.3) is 0 Å². The van der Waals surface area contributed by atoms with Gasteiger partial charge in [-0.1, -0.05) is 0 Å². The fourth-order valence-electron chi connectivity index (χ4n) is 1.92. The van der Waals surface area contributed by atoms with Gasteiger partial charge in [0.15, 0.2) is 0 Å². The Bertz CT molecular complexity index is 289. The fraction of sp³-hybridized carbons (Fsp3) is 0.500. The summed E-state index contributed by atoms with van der Waals surface area (Å²) in [5.41, 5.74) is 5.46. The minimum Gasteiger partial charge on any atom is -0.258 e. The Morgan fingerprint density at radius 3 is 2.91 bits per heavy atom. The van der Waals surface area contributed by atoms with E-state index in [4.69, 9.17) is 0 Å². The standard InChI is InChI=1S/C10H13N/c1-7-6-8(2)11-10-5-3-4-9(7)10/h6H,3-5H2,1-2H3. The molecule has 1 nitrogen and oxygen atoms in total. The predicted octanol–water partition coefficient (Wildman–Crippen LogP) is 2.19. The van der Waals surface area contributed by atoms with Crippen LogP contribution in [0.15, 0.2) is 6.07 Å². The zero-order valence-corrected chi connectivity index (χ0v) is 7.15. The second-order valence-electron chi connectivity index (χ2n) is 3.36. The second kappa shape index (κ2) is 2.33. The van der Waals surface area contributed by atoms with E-state index in [0.29, 0.717) is 0 Å². The molecular formula is C10H13N. The van der Waals surface area contributed by atoms with Gasteiger partial charge in [0, 0.05) is 11.4 Å². The summed E-state index contributed by atoms with van der Waals surface area (Å²) >= 11 is 0. The molecule has 0 N–H and O–H groups in total. The predicted molar refractivity (Wildman–Crippen MR) is 45.7 cm³/mol. The zero-order chi connectivity index (χ0) is 7.84. The highest BCUT2D eigenvalue weighted by molar-refractivity contribution is 5.34. The molecule has 1 aliphatic rings. The van der Waals surface area contributed by atoms with Crippen molar-refractivity contribution in [1.29, 1.82) is 0 Å². The normalized spacial score (nSPS) is 15.1. The monoisotopic (exact) mass is 147 g/mol. The van der Waals surface area contributed by atoms with Crippen LogP contribution in [0.5, 0.6) is 0 Å². The molecule has 58 valence electrons. The molecule has 0 unspecified atom stereocenters.